The first kappa shape index (κ1) is 16.5. The Bertz CT molecular complexity index is 1070. The molecule has 130 valence electrons. The van der Waals surface area contributed by atoms with E-state index >= 15 is 0 Å². The number of nitrogens with zero attached hydrogens (tertiary/aromatic N) is 3. The molecule has 1 amide bonds. The molecule has 6 heteroatoms. The van der Waals surface area contributed by atoms with Gasteiger partial charge < -0.3 is 4.90 Å². The van der Waals surface area contributed by atoms with Crippen LogP contribution in [-0.2, 0) is 6.42 Å². The number of aromatic nitrogens is 2. The maximum atomic E-state index is 13.0. The van der Waals surface area contributed by atoms with Crippen LogP contribution in [0.25, 0.3) is 5.69 Å². The SMILES string of the molecule is Cc1cc(=O)c(C(=O)N2CCc3ccccc32)nn1-c1ccccc1Cl. The summed E-state index contributed by atoms with van der Waals surface area (Å²) in [6.45, 7) is 2.30. The van der Waals surface area contributed by atoms with E-state index in [0.29, 0.717) is 22.9 Å². The molecule has 26 heavy (non-hydrogen) atoms. The predicted molar refractivity (Wildman–Crippen MR) is 101 cm³/mol. The van der Waals surface area contributed by atoms with Crippen LogP contribution in [0.4, 0.5) is 5.69 Å². The van der Waals surface area contributed by atoms with Crippen molar-refractivity contribution < 1.29 is 4.79 Å². The van der Waals surface area contributed by atoms with E-state index in [9.17, 15) is 9.59 Å². The molecule has 5 nitrogen and oxygen atoms in total. The fourth-order valence-electron chi connectivity index (χ4n) is 3.24. The summed E-state index contributed by atoms with van der Waals surface area (Å²) in [5.41, 5.74) is 2.68. The van der Waals surface area contributed by atoms with Crippen LogP contribution in [-0.4, -0.2) is 22.2 Å². The van der Waals surface area contributed by atoms with Gasteiger partial charge in [0, 0.05) is 24.0 Å². The molecule has 2 heterocycles. The number of halogens is 1. The van der Waals surface area contributed by atoms with Crippen molar-refractivity contribution in [1.82, 2.24) is 9.78 Å². The summed E-state index contributed by atoms with van der Waals surface area (Å²) in [5.74, 6) is -0.388. The highest BCUT2D eigenvalue weighted by atomic mass is 35.5. The first-order valence-corrected chi connectivity index (χ1v) is 8.70. The van der Waals surface area contributed by atoms with Gasteiger partial charge in [0.25, 0.3) is 5.91 Å². The third-order valence-electron chi connectivity index (χ3n) is 4.52. The Morgan fingerprint density at radius 2 is 1.77 bits per heavy atom. The van der Waals surface area contributed by atoms with Crippen LogP contribution in [0.2, 0.25) is 5.02 Å². The lowest BCUT2D eigenvalue weighted by molar-refractivity contribution is 0.0981. The largest absolute Gasteiger partial charge is 0.306 e. The van der Waals surface area contributed by atoms with Crippen molar-refractivity contribution in [3.8, 4) is 5.69 Å². The Morgan fingerprint density at radius 3 is 2.54 bits per heavy atom. The van der Waals surface area contributed by atoms with Crippen LogP contribution in [0.5, 0.6) is 0 Å². The molecule has 2 aromatic carbocycles. The Morgan fingerprint density at radius 1 is 1.08 bits per heavy atom. The standard InChI is InChI=1S/C20H16ClN3O2/c1-13-12-18(25)19(22-24(13)17-9-5-3-7-15(17)21)20(26)23-11-10-14-6-2-4-8-16(14)23/h2-9,12H,10-11H2,1H3. The van der Waals surface area contributed by atoms with Gasteiger partial charge in [0.1, 0.15) is 0 Å². The number of aryl methyl sites for hydroxylation is 1. The van der Waals surface area contributed by atoms with Crippen molar-refractivity contribution in [1.29, 1.82) is 0 Å². The average molecular weight is 366 g/mol. The second-order valence-electron chi connectivity index (χ2n) is 6.20. The van der Waals surface area contributed by atoms with Gasteiger partial charge in [-0.05, 0) is 37.1 Å². The van der Waals surface area contributed by atoms with Crippen LogP contribution in [0.15, 0.2) is 59.4 Å². The van der Waals surface area contributed by atoms with Crippen LogP contribution in [0, 0.1) is 6.92 Å². The molecule has 0 saturated carbocycles. The van der Waals surface area contributed by atoms with Crippen molar-refractivity contribution in [3.63, 3.8) is 0 Å². The number of carbonyl (C=O) groups is 1. The molecule has 1 aliphatic rings. The summed E-state index contributed by atoms with van der Waals surface area (Å²) >= 11 is 6.26. The molecule has 0 unspecified atom stereocenters. The highest BCUT2D eigenvalue weighted by Crippen LogP contribution is 2.28. The Balaban J connectivity index is 1.81. The lowest BCUT2D eigenvalue weighted by Crippen LogP contribution is -2.35. The van der Waals surface area contributed by atoms with Crippen molar-refractivity contribution >= 4 is 23.2 Å². The molecule has 0 bridgehead atoms. The number of carbonyl (C=O) groups excluding carboxylic acids is 1. The summed E-state index contributed by atoms with van der Waals surface area (Å²) < 4.78 is 1.54. The van der Waals surface area contributed by atoms with E-state index in [1.54, 1.807) is 28.6 Å². The molecule has 0 saturated heterocycles. The number of benzene rings is 2. The summed E-state index contributed by atoms with van der Waals surface area (Å²) in [5, 5.41) is 4.85. The van der Waals surface area contributed by atoms with Gasteiger partial charge >= 0.3 is 0 Å². The van der Waals surface area contributed by atoms with Gasteiger partial charge in [0.15, 0.2) is 5.69 Å². The zero-order valence-electron chi connectivity index (χ0n) is 14.1. The minimum atomic E-state index is -0.389. The maximum absolute atomic E-state index is 13.0. The number of anilines is 1. The molecule has 1 aromatic heterocycles. The lowest BCUT2D eigenvalue weighted by Gasteiger charge is -2.18. The van der Waals surface area contributed by atoms with Crippen molar-refractivity contribution in [2.45, 2.75) is 13.3 Å². The maximum Gasteiger partial charge on any atom is 0.282 e. The first-order chi connectivity index (χ1) is 12.6. The third kappa shape index (κ3) is 2.70. The second kappa shape index (κ2) is 6.42. The zero-order chi connectivity index (χ0) is 18.3. The number of rotatable bonds is 2. The van der Waals surface area contributed by atoms with E-state index < -0.39 is 0 Å². The quantitative estimate of drug-likeness (QED) is 0.699. The minimum absolute atomic E-state index is 0.104. The fraction of sp³-hybridized carbons (Fsp3) is 0.150. The molecule has 0 spiro atoms. The van der Waals surface area contributed by atoms with E-state index in [1.807, 2.05) is 36.4 Å². The van der Waals surface area contributed by atoms with Crippen molar-refractivity contribution in [3.05, 3.63) is 86.8 Å². The van der Waals surface area contributed by atoms with Gasteiger partial charge in [-0.25, -0.2) is 4.68 Å². The highest BCUT2D eigenvalue weighted by Gasteiger charge is 2.28. The number of fused-ring (bicyclic) bond motifs is 1. The smallest absolute Gasteiger partial charge is 0.282 e. The van der Waals surface area contributed by atoms with Crippen LogP contribution < -0.4 is 10.3 Å². The first-order valence-electron chi connectivity index (χ1n) is 8.32. The molecule has 1 aliphatic heterocycles. The van der Waals surface area contributed by atoms with Gasteiger partial charge in [0.2, 0.25) is 5.43 Å². The van der Waals surface area contributed by atoms with Crippen LogP contribution in [0.3, 0.4) is 0 Å². The van der Waals surface area contributed by atoms with Crippen LogP contribution >= 0.6 is 11.6 Å². The van der Waals surface area contributed by atoms with Gasteiger partial charge in [-0.1, -0.05) is 41.9 Å². The van der Waals surface area contributed by atoms with Crippen LogP contribution in [0.1, 0.15) is 21.7 Å². The van der Waals surface area contributed by atoms with Gasteiger partial charge in [-0.15, -0.1) is 0 Å². The Labute approximate surface area is 155 Å². The Kier molecular flexibility index (Phi) is 4.09. The third-order valence-corrected chi connectivity index (χ3v) is 4.84. The lowest BCUT2D eigenvalue weighted by atomic mass is 10.2. The van der Waals surface area contributed by atoms with E-state index in [1.165, 1.54) is 6.07 Å². The van der Waals surface area contributed by atoms with Gasteiger partial charge in [0.05, 0.1) is 10.7 Å². The molecular weight excluding hydrogens is 350 g/mol. The molecule has 0 fully saturated rings. The highest BCUT2D eigenvalue weighted by molar-refractivity contribution is 6.32. The number of amides is 1. The monoisotopic (exact) mass is 365 g/mol. The summed E-state index contributed by atoms with van der Waals surface area (Å²) in [6, 6.07) is 16.3. The molecule has 0 atom stereocenters. The molecule has 3 aromatic rings. The Hall–Kier alpha value is -2.92. The van der Waals surface area contributed by atoms with Gasteiger partial charge in [-0.2, -0.15) is 5.10 Å². The normalized spacial score (nSPS) is 12.9. The van der Waals surface area contributed by atoms with E-state index in [0.717, 1.165) is 17.7 Å². The predicted octanol–water partition coefficient (Wildman–Crippen LogP) is 3.40. The summed E-state index contributed by atoms with van der Waals surface area (Å²) in [7, 11) is 0. The summed E-state index contributed by atoms with van der Waals surface area (Å²) in [6.07, 6.45) is 0.770. The van der Waals surface area contributed by atoms with E-state index in [4.69, 9.17) is 11.6 Å². The number of hydrogen-bond acceptors (Lipinski definition) is 3. The number of para-hydroxylation sites is 2. The fourth-order valence-corrected chi connectivity index (χ4v) is 3.46. The summed E-state index contributed by atoms with van der Waals surface area (Å²) in [4.78, 5) is 27.1. The average Bonchev–Trinajstić information content (AvgIpc) is 3.06. The van der Waals surface area contributed by atoms with E-state index in [2.05, 4.69) is 5.10 Å². The molecule has 0 radical (unpaired) electrons. The topological polar surface area (TPSA) is 55.2 Å². The molecule has 0 aliphatic carbocycles. The number of hydrogen-bond donors (Lipinski definition) is 0. The minimum Gasteiger partial charge on any atom is -0.306 e. The van der Waals surface area contributed by atoms with Crippen molar-refractivity contribution in [2.24, 2.45) is 0 Å². The molecular formula is C20H16ClN3O2. The van der Waals surface area contributed by atoms with Crippen molar-refractivity contribution in [2.75, 3.05) is 11.4 Å². The molecule has 4 rings (SSSR count). The second-order valence-corrected chi connectivity index (χ2v) is 6.60. The zero-order valence-corrected chi connectivity index (χ0v) is 14.9. The van der Waals surface area contributed by atoms with E-state index in [-0.39, 0.29) is 17.0 Å². The van der Waals surface area contributed by atoms with Gasteiger partial charge in [-0.3, -0.25) is 9.59 Å². The molecule has 0 N–H and O–H groups in total.